The van der Waals surface area contributed by atoms with E-state index in [1.807, 2.05) is 36.4 Å². The Kier molecular flexibility index (Phi) is 4.60. The van der Waals surface area contributed by atoms with E-state index in [4.69, 9.17) is 4.74 Å². The molecule has 2 aromatic carbocycles. The fourth-order valence-electron chi connectivity index (χ4n) is 2.62. The van der Waals surface area contributed by atoms with Crippen LogP contribution >= 0.6 is 0 Å². The molecule has 1 N–H and O–H groups in total. The lowest BCUT2D eigenvalue weighted by Crippen LogP contribution is -2.35. The average Bonchev–Trinajstić information content (AvgIpc) is 2.53. The van der Waals surface area contributed by atoms with Crippen molar-refractivity contribution in [2.75, 3.05) is 18.8 Å². The second-order valence-electron chi connectivity index (χ2n) is 5.65. The maximum Gasteiger partial charge on any atom is 0.130 e. The molecule has 2 unspecified atom stereocenters. The second kappa shape index (κ2) is 6.63. The smallest absolute Gasteiger partial charge is 0.130 e. The van der Waals surface area contributed by atoms with Gasteiger partial charge < -0.3 is 10.1 Å². The number of ether oxygens (including phenoxy) is 1. The zero-order chi connectivity index (χ0) is 15.5. The number of nitrogens with one attached hydrogen (secondary N) is 1. The first-order chi connectivity index (χ1) is 10.6. The van der Waals surface area contributed by atoms with E-state index in [0.717, 1.165) is 41.5 Å². The predicted octanol–water partition coefficient (Wildman–Crippen LogP) is 3.49. The van der Waals surface area contributed by atoms with Crippen molar-refractivity contribution < 1.29 is 8.95 Å². The molecular weight excluding hydrogens is 294 g/mol. The fraction of sp³-hybridized carbons (Fsp3) is 0.333. The summed E-state index contributed by atoms with van der Waals surface area (Å²) >= 11 is 0. The van der Waals surface area contributed by atoms with Crippen molar-refractivity contribution in [3.05, 3.63) is 59.2 Å². The second-order valence-corrected chi connectivity index (χ2v) is 7.39. The third-order valence-corrected chi connectivity index (χ3v) is 5.84. The summed E-state index contributed by atoms with van der Waals surface area (Å²) in [4.78, 5) is 0. The molecule has 0 amide bonds. The molecule has 2 aromatic rings. The van der Waals surface area contributed by atoms with Gasteiger partial charge in [0, 0.05) is 29.6 Å². The van der Waals surface area contributed by atoms with E-state index in [9.17, 15) is 4.21 Å². The number of aryl methyl sites for hydroxylation is 1. The van der Waals surface area contributed by atoms with E-state index in [-0.39, 0.29) is 5.25 Å². The van der Waals surface area contributed by atoms with Crippen LogP contribution in [0.25, 0.3) is 0 Å². The number of hydrogen-bond donors (Lipinski definition) is 1. The first kappa shape index (κ1) is 15.3. The molecule has 1 aliphatic heterocycles. The zero-order valence-corrected chi connectivity index (χ0v) is 13.8. The molecule has 1 aliphatic rings. The normalized spacial score (nSPS) is 21.5. The van der Waals surface area contributed by atoms with Crippen LogP contribution in [0.15, 0.2) is 42.5 Å². The minimum Gasteiger partial charge on any atom is -0.457 e. The molecule has 2 atom stereocenters. The van der Waals surface area contributed by atoms with Crippen molar-refractivity contribution in [3.8, 4) is 11.5 Å². The Balaban J connectivity index is 1.77. The van der Waals surface area contributed by atoms with Crippen LogP contribution in [0.2, 0.25) is 0 Å². The van der Waals surface area contributed by atoms with E-state index in [1.54, 1.807) is 0 Å². The summed E-state index contributed by atoms with van der Waals surface area (Å²) in [5.74, 6) is 2.42. The van der Waals surface area contributed by atoms with Crippen molar-refractivity contribution in [2.45, 2.75) is 19.1 Å². The van der Waals surface area contributed by atoms with Gasteiger partial charge in [-0.3, -0.25) is 4.21 Å². The number of hydrogen-bond acceptors (Lipinski definition) is 3. The highest BCUT2D eigenvalue weighted by atomic mass is 32.2. The summed E-state index contributed by atoms with van der Waals surface area (Å²) in [6, 6.07) is 14.0. The third kappa shape index (κ3) is 3.23. The standard InChI is InChI=1S/C18H21NO2S/c1-13-4-3-5-17(14(13)2)21-16-8-6-15(7-9-16)18-12-19-10-11-22(18)20/h3-9,18-19H,10-12H2,1-2H3. The van der Waals surface area contributed by atoms with E-state index < -0.39 is 10.8 Å². The van der Waals surface area contributed by atoms with Crippen molar-refractivity contribution in [1.82, 2.24) is 5.32 Å². The molecule has 0 saturated carbocycles. The summed E-state index contributed by atoms with van der Waals surface area (Å²) < 4.78 is 18.1. The van der Waals surface area contributed by atoms with Gasteiger partial charge in [0.25, 0.3) is 0 Å². The molecule has 0 radical (unpaired) electrons. The summed E-state index contributed by atoms with van der Waals surface area (Å²) in [7, 11) is -0.784. The van der Waals surface area contributed by atoms with Crippen molar-refractivity contribution in [2.24, 2.45) is 0 Å². The molecule has 1 heterocycles. The topological polar surface area (TPSA) is 38.3 Å². The number of benzene rings is 2. The summed E-state index contributed by atoms with van der Waals surface area (Å²) in [5.41, 5.74) is 3.49. The maximum atomic E-state index is 12.1. The maximum absolute atomic E-state index is 12.1. The first-order valence-electron chi connectivity index (χ1n) is 7.57. The van der Waals surface area contributed by atoms with Crippen LogP contribution in [-0.2, 0) is 10.8 Å². The zero-order valence-electron chi connectivity index (χ0n) is 13.0. The van der Waals surface area contributed by atoms with E-state index >= 15 is 0 Å². The lowest BCUT2D eigenvalue weighted by Gasteiger charge is -2.22. The molecule has 0 spiro atoms. The summed E-state index contributed by atoms with van der Waals surface area (Å²) in [6.07, 6.45) is 0. The molecule has 0 aromatic heterocycles. The SMILES string of the molecule is Cc1cccc(Oc2ccc(C3CNCCS3=O)cc2)c1C. The predicted molar refractivity (Wildman–Crippen MR) is 91.1 cm³/mol. The fourth-order valence-corrected chi connectivity index (χ4v) is 4.02. The Labute approximate surface area is 134 Å². The van der Waals surface area contributed by atoms with Crippen molar-refractivity contribution >= 4 is 10.8 Å². The highest BCUT2D eigenvalue weighted by Gasteiger charge is 2.22. The Hall–Kier alpha value is -1.65. The molecule has 3 nitrogen and oxygen atoms in total. The molecule has 116 valence electrons. The first-order valence-corrected chi connectivity index (χ1v) is 8.95. The lowest BCUT2D eigenvalue weighted by atomic mass is 10.1. The van der Waals surface area contributed by atoms with E-state index in [2.05, 4.69) is 25.2 Å². The van der Waals surface area contributed by atoms with Gasteiger partial charge in [0.05, 0.1) is 5.25 Å². The van der Waals surface area contributed by atoms with Gasteiger partial charge in [0.15, 0.2) is 0 Å². The van der Waals surface area contributed by atoms with Crippen LogP contribution < -0.4 is 10.1 Å². The van der Waals surface area contributed by atoms with Gasteiger partial charge in [-0.05, 0) is 48.7 Å². The molecule has 0 aliphatic carbocycles. The van der Waals surface area contributed by atoms with Gasteiger partial charge >= 0.3 is 0 Å². The number of rotatable bonds is 3. The summed E-state index contributed by atoms with van der Waals surface area (Å²) in [5, 5.41) is 3.39. The van der Waals surface area contributed by atoms with E-state index in [1.165, 1.54) is 5.56 Å². The molecule has 1 saturated heterocycles. The van der Waals surface area contributed by atoms with Crippen LogP contribution in [-0.4, -0.2) is 23.1 Å². The van der Waals surface area contributed by atoms with Crippen LogP contribution in [0.3, 0.4) is 0 Å². The van der Waals surface area contributed by atoms with Gasteiger partial charge in [0.1, 0.15) is 11.5 Å². The minimum absolute atomic E-state index is 0.0866. The molecule has 3 rings (SSSR count). The monoisotopic (exact) mass is 315 g/mol. The highest BCUT2D eigenvalue weighted by molar-refractivity contribution is 7.85. The lowest BCUT2D eigenvalue weighted by molar-refractivity contribution is 0.478. The van der Waals surface area contributed by atoms with Gasteiger partial charge in [-0.15, -0.1) is 0 Å². The van der Waals surface area contributed by atoms with Crippen LogP contribution in [0.1, 0.15) is 21.9 Å². The highest BCUT2D eigenvalue weighted by Crippen LogP contribution is 2.29. The quantitative estimate of drug-likeness (QED) is 0.942. The molecule has 22 heavy (non-hydrogen) atoms. The average molecular weight is 315 g/mol. The largest absolute Gasteiger partial charge is 0.457 e. The van der Waals surface area contributed by atoms with Gasteiger partial charge in [-0.25, -0.2) is 0 Å². The third-order valence-electron chi connectivity index (χ3n) is 4.16. The van der Waals surface area contributed by atoms with Crippen LogP contribution in [0.5, 0.6) is 11.5 Å². The Morgan fingerprint density at radius 1 is 1.14 bits per heavy atom. The van der Waals surface area contributed by atoms with Crippen LogP contribution in [0.4, 0.5) is 0 Å². The van der Waals surface area contributed by atoms with Gasteiger partial charge in [-0.1, -0.05) is 24.3 Å². The minimum atomic E-state index is -0.784. The Morgan fingerprint density at radius 3 is 2.64 bits per heavy atom. The van der Waals surface area contributed by atoms with Crippen LogP contribution in [0, 0.1) is 13.8 Å². The van der Waals surface area contributed by atoms with Gasteiger partial charge in [-0.2, -0.15) is 0 Å². The summed E-state index contributed by atoms with van der Waals surface area (Å²) in [6.45, 7) is 5.77. The Morgan fingerprint density at radius 2 is 1.91 bits per heavy atom. The Bertz CT molecular complexity index is 682. The molecular formula is C18H21NO2S. The molecule has 4 heteroatoms. The van der Waals surface area contributed by atoms with Gasteiger partial charge in [0.2, 0.25) is 0 Å². The molecule has 0 bridgehead atoms. The van der Waals surface area contributed by atoms with Crippen molar-refractivity contribution in [3.63, 3.8) is 0 Å². The molecule has 1 fully saturated rings. The van der Waals surface area contributed by atoms with E-state index in [0.29, 0.717) is 0 Å². The van der Waals surface area contributed by atoms with Crippen molar-refractivity contribution in [1.29, 1.82) is 0 Å².